The number of rotatable bonds is 10. The van der Waals surface area contributed by atoms with Gasteiger partial charge in [0.15, 0.2) is 9.79 Å². The molecule has 0 saturated carbocycles. The summed E-state index contributed by atoms with van der Waals surface area (Å²) in [6, 6.07) is 5.85. The third-order valence-corrected chi connectivity index (χ3v) is 22.7. The summed E-state index contributed by atoms with van der Waals surface area (Å²) < 4.78 is 63.1. The molecular formula is C84H104ClKN17O9S2+. The van der Waals surface area contributed by atoms with Crippen LogP contribution in [0, 0.1) is 34.0 Å². The number of nitrogen functional groups attached to an aromatic ring is 1. The van der Waals surface area contributed by atoms with Crippen LogP contribution in [0.1, 0.15) is 273 Å². The molecule has 8 aromatic rings. The summed E-state index contributed by atoms with van der Waals surface area (Å²) in [5.41, 5.74) is 30.9. The van der Waals surface area contributed by atoms with Crippen molar-refractivity contribution in [1.29, 1.82) is 15.8 Å². The molecule has 8 aromatic heterocycles. The molecule has 0 fully saturated rings. The van der Waals surface area contributed by atoms with E-state index in [2.05, 4.69) is 109 Å². The van der Waals surface area contributed by atoms with E-state index in [0.29, 0.717) is 60.1 Å². The van der Waals surface area contributed by atoms with Gasteiger partial charge in [-0.3, -0.25) is 24.9 Å². The number of carboxylic acids is 1. The molecule has 2 amide bonds. The summed E-state index contributed by atoms with van der Waals surface area (Å²) in [6.07, 6.45) is 34.2. The number of hydrogen-bond acceptors (Lipinski definition) is 20. The average Bonchev–Trinajstić information content (AvgIpc) is 1.51. The first kappa shape index (κ1) is 90.7. The Bertz CT molecular complexity index is 5260. The fraction of sp³-hybridized carbons (Fsp3) is 0.464. The van der Waals surface area contributed by atoms with Gasteiger partial charge in [0.1, 0.15) is 23.4 Å². The van der Waals surface area contributed by atoms with E-state index < -0.39 is 32.0 Å². The van der Waals surface area contributed by atoms with Gasteiger partial charge < -0.3 is 25.6 Å². The van der Waals surface area contributed by atoms with Crippen molar-refractivity contribution in [1.82, 2.24) is 54.2 Å². The zero-order valence-corrected chi connectivity index (χ0v) is 73.2. The maximum atomic E-state index is 12.7. The molecule has 10 heterocycles. The van der Waals surface area contributed by atoms with E-state index >= 15 is 0 Å². The number of nitrogens with two attached hydrogens (primary N) is 2. The molecule has 0 atom stereocenters. The van der Waals surface area contributed by atoms with Gasteiger partial charge in [-0.1, -0.05) is 79.1 Å². The van der Waals surface area contributed by atoms with Crippen LogP contribution in [-0.2, 0) is 110 Å². The molecule has 16 rings (SSSR count). The number of halogens is 1. The number of aromatic nitrogens is 10. The number of carbonyl (C=O) groups is 2. The second kappa shape index (κ2) is 41.2. The molecule has 0 saturated heterocycles. The number of nitriles is 3. The van der Waals surface area contributed by atoms with Crippen LogP contribution >= 0.6 is 11.6 Å². The number of amides is 2. The normalized spacial score (nSPS) is 14.4. The Kier molecular flexibility index (Phi) is 32.8. The fourth-order valence-corrected chi connectivity index (χ4v) is 16.7. The maximum absolute atomic E-state index is 12.7. The van der Waals surface area contributed by atoms with Crippen LogP contribution < -0.4 is 81.8 Å². The minimum atomic E-state index is -4.12. The van der Waals surface area contributed by atoms with Crippen molar-refractivity contribution >= 4 is 60.6 Å². The number of aromatic carboxylic acids is 1. The standard InChI is InChI=1S/C18H23N5O4S.C12H14N2.C12H12N2.C12H15NO2.C11H16N2.C9H7ClN2.C6H9N3O3S.C4H8.K/c1-11(2)15-16(13-6-3-5-12(13)9-19-15)21-18(24)22-28(25,26)14-10-20-23-7-4-8-27-17(14)23;2*1-8(2)12-11(6-13)10-5-3-4-9(10)7-14-12;1-7(2)11-10(12(14)15)9-5-3-4-8(9)6-13-11;1-7(2)11-10(12)9-5-3-4-8(9)6-13-11;10-9-8(4-11)7-3-1-2-6(7)5-12-9;7-13(10,11)5-4-8-9-2-1-3-12-6(5)9;1-4(2)3;/h9-11H,3-8H2,1-2H3,(H2,21,22,24);7-8H,3-5H2,1-2H3;7H,1,3-5H2,2H3;6-7H,3-5H2,1-2H3,(H,14,15);6-7H,3-5,12H2,1-2H3;5H,1-3H2;4H,1-3H2,(H2,7,10,11);1H2,2-3H3;/q;;;;;;;;+1. The topological polar surface area (TPSA) is 402 Å². The van der Waals surface area contributed by atoms with Gasteiger partial charge in [-0.2, -0.15) is 26.0 Å². The van der Waals surface area contributed by atoms with Gasteiger partial charge in [0.25, 0.3) is 10.0 Å². The number of nitrogens with one attached hydrogen (secondary N) is 2. The molecule has 0 bridgehead atoms. The van der Waals surface area contributed by atoms with Crippen molar-refractivity contribution in [3.63, 3.8) is 0 Å². The number of anilines is 2. The minimum absolute atomic E-state index is 0. The Hall–Kier alpha value is -8.80. The van der Waals surface area contributed by atoms with Crippen LogP contribution in [0.15, 0.2) is 78.1 Å². The molecule has 0 unspecified atom stereocenters. The van der Waals surface area contributed by atoms with Crippen molar-refractivity contribution in [3.05, 3.63) is 191 Å². The minimum Gasteiger partial charge on any atom is -0.478 e. The Morgan fingerprint density at radius 2 is 0.895 bits per heavy atom. The van der Waals surface area contributed by atoms with Crippen molar-refractivity contribution < 1.29 is 92.4 Å². The number of fused-ring (bicyclic) bond motifs is 8. The molecule has 30 heteroatoms. The molecular weight excluding hydrogens is 1530 g/mol. The number of allylic oxidation sites excluding steroid dienone is 2. The predicted octanol–water partition coefficient (Wildman–Crippen LogP) is 11.9. The SMILES string of the molecule is C=C(C)C.C=C(C)c1ncc2c(c1C#N)CCC2.CC(C)c1ncc2c(c1C#N)CCC2.CC(C)c1ncc2c(c1C(=O)O)CCC2.CC(C)c1ncc2c(c1N)CCC2.CC(C)c1ncc2c(c1NC(=O)NS(=O)(=O)c1cnn3c1OCCC3)CCC2.N#Cc1c(Cl)ncc2c1CCC2.NS(=O)(=O)c1cnn2c1OCCC2.[K+]. The average molecular weight is 1630 g/mol. The number of pyridine rings is 6. The first-order chi connectivity index (χ1) is 53.8. The Balaban J connectivity index is 0.000000169. The molecule has 8 aliphatic rings. The quantitative estimate of drug-likeness (QED) is 0.0482. The number of ether oxygens (including phenoxy) is 2. The Labute approximate surface area is 718 Å². The third kappa shape index (κ3) is 22.2. The number of hydrogen-bond donors (Lipinski definition) is 5. The van der Waals surface area contributed by atoms with Crippen molar-refractivity contribution in [2.45, 2.75) is 251 Å². The Morgan fingerprint density at radius 1 is 0.518 bits per heavy atom. The van der Waals surface area contributed by atoms with E-state index in [1.165, 1.54) is 79.1 Å². The van der Waals surface area contributed by atoms with E-state index in [0.717, 1.165) is 194 Å². The molecule has 0 spiro atoms. The summed E-state index contributed by atoms with van der Waals surface area (Å²) in [5, 5.41) is 52.2. The second-order valence-electron chi connectivity index (χ2n) is 30.5. The van der Waals surface area contributed by atoms with Gasteiger partial charge in [0, 0.05) is 63.1 Å². The fourth-order valence-electron chi connectivity index (χ4n) is 15.0. The van der Waals surface area contributed by atoms with Crippen LogP contribution in [0.25, 0.3) is 5.57 Å². The monoisotopic (exact) mass is 1630 g/mol. The molecule has 26 nitrogen and oxygen atoms in total. The summed E-state index contributed by atoms with van der Waals surface area (Å²) in [6.45, 7) is 31.8. The van der Waals surface area contributed by atoms with Gasteiger partial charge in [0.05, 0.1) is 87.7 Å². The zero-order chi connectivity index (χ0) is 82.2. The predicted molar refractivity (Wildman–Crippen MR) is 435 cm³/mol. The number of sulfonamides is 2. The first-order valence-electron chi connectivity index (χ1n) is 38.7. The van der Waals surface area contributed by atoms with Gasteiger partial charge in [-0.25, -0.2) is 50.6 Å². The molecule has 6 aliphatic carbocycles. The Morgan fingerprint density at radius 3 is 1.36 bits per heavy atom. The van der Waals surface area contributed by atoms with Gasteiger partial charge in [-0.15, -0.1) is 6.58 Å². The van der Waals surface area contributed by atoms with Crippen molar-refractivity contribution in [3.8, 4) is 30.0 Å². The molecule has 114 heavy (non-hydrogen) atoms. The first-order valence-corrected chi connectivity index (χ1v) is 42.1. The zero-order valence-electron chi connectivity index (χ0n) is 67.7. The second-order valence-corrected chi connectivity index (χ2v) is 34.0. The van der Waals surface area contributed by atoms with Crippen LogP contribution in [0.3, 0.4) is 0 Å². The number of aryl methyl sites for hydroxylation is 8. The molecule has 0 radical (unpaired) electrons. The van der Waals surface area contributed by atoms with Gasteiger partial charge in [-0.05, 0) is 232 Å². The van der Waals surface area contributed by atoms with E-state index in [1.54, 1.807) is 6.20 Å². The smallest absolute Gasteiger partial charge is 0.478 e. The van der Waals surface area contributed by atoms with Crippen LogP contribution in [-0.4, -0.2) is 96.6 Å². The number of nitrogens with zero attached hydrogens (tertiary/aromatic N) is 13. The third-order valence-electron chi connectivity index (χ3n) is 20.2. The number of carboxylic acid groups (broad SMARTS) is 1. The number of urea groups is 1. The van der Waals surface area contributed by atoms with Gasteiger partial charge in [0.2, 0.25) is 21.8 Å². The van der Waals surface area contributed by atoms with E-state index in [-0.39, 0.29) is 84.8 Å². The molecule has 2 aliphatic heterocycles. The van der Waals surface area contributed by atoms with Crippen molar-refractivity contribution in [2.24, 2.45) is 5.14 Å². The van der Waals surface area contributed by atoms with E-state index in [4.69, 9.17) is 47.7 Å². The van der Waals surface area contributed by atoms with Crippen LogP contribution in [0.4, 0.5) is 16.2 Å². The number of carbonyl (C=O) groups excluding carboxylic acids is 1. The summed E-state index contributed by atoms with van der Waals surface area (Å²) >= 11 is 5.77. The summed E-state index contributed by atoms with van der Waals surface area (Å²) in [5.74, 6) is 0.632. The molecule has 7 N–H and O–H groups in total. The largest absolute Gasteiger partial charge is 1.00 e. The van der Waals surface area contributed by atoms with Crippen molar-refractivity contribution in [2.75, 3.05) is 24.3 Å². The van der Waals surface area contributed by atoms with Crippen LogP contribution in [0.2, 0.25) is 5.15 Å². The molecule has 0 aromatic carbocycles. The molecule has 598 valence electrons. The van der Waals surface area contributed by atoms with E-state index in [9.17, 15) is 31.5 Å². The summed E-state index contributed by atoms with van der Waals surface area (Å²) in [4.78, 5) is 49.5. The van der Waals surface area contributed by atoms with Crippen LogP contribution in [0.5, 0.6) is 11.8 Å². The van der Waals surface area contributed by atoms with Gasteiger partial charge >= 0.3 is 63.4 Å². The summed E-state index contributed by atoms with van der Waals surface area (Å²) in [7, 11) is -7.82. The number of primary sulfonamides is 1. The maximum Gasteiger partial charge on any atom is 1.00 e. The van der Waals surface area contributed by atoms with E-state index in [1.807, 2.05) is 79.5 Å².